The summed E-state index contributed by atoms with van der Waals surface area (Å²) in [6, 6.07) is 10.3. The average molecular weight is 423 g/mol. The first-order valence-electron chi connectivity index (χ1n) is 11.2. The highest BCUT2D eigenvalue weighted by molar-refractivity contribution is 7.12. The van der Waals surface area contributed by atoms with Gasteiger partial charge in [-0.1, -0.05) is 6.07 Å². The molecule has 30 heavy (non-hydrogen) atoms. The van der Waals surface area contributed by atoms with E-state index in [1.165, 1.54) is 59.7 Å². The zero-order valence-corrected chi connectivity index (χ0v) is 18.3. The Hall–Kier alpha value is -1.95. The van der Waals surface area contributed by atoms with Crippen molar-refractivity contribution in [2.45, 2.75) is 57.6 Å². The Kier molecular flexibility index (Phi) is 6.30. The summed E-state index contributed by atoms with van der Waals surface area (Å²) in [7, 11) is 0. The summed E-state index contributed by atoms with van der Waals surface area (Å²) in [6.45, 7) is 4.39. The number of furan rings is 1. The summed E-state index contributed by atoms with van der Waals surface area (Å²) in [5.41, 5.74) is 4.19. The first kappa shape index (κ1) is 20.0. The summed E-state index contributed by atoms with van der Waals surface area (Å²) in [4.78, 5) is 10.1. The number of hydrogen-bond acceptors (Lipinski definition) is 5. The fourth-order valence-electron chi connectivity index (χ4n) is 4.75. The van der Waals surface area contributed by atoms with E-state index in [0.717, 1.165) is 43.9 Å². The molecule has 1 atom stereocenters. The van der Waals surface area contributed by atoms with E-state index in [9.17, 15) is 0 Å². The van der Waals surface area contributed by atoms with E-state index in [4.69, 9.17) is 9.15 Å². The molecule has 3 aromatic heterocycles. The highest BCUT2D eigenvalue weighted by Gasteiger charge is 2.26. The van der Waals surface area contributed by atoms with Crippen molar-refractivity contribution >= 4 is 11.3 Å². The zero-order valence-electron chi connectivity index (χ0n) is 17.5. The van der Waals surface area contributed by atoms with Gasteiger partial charge in [-0.15, -0.1) is 11.3 Å². The van der Waals surface area contributed by atoms with E-state index in [1.807, 2.05) is 29.7 Å². The molecule has 0 aromatic carbocycles. The molecule has 5 heterocycles. The van der Waals surface area contributed by atoms with Gasteiger partial charge < -0.3 is 9.15 Å². The molecule has 3 aromatic rings. The highest BCUT2D eigenvalue weighted by Crippen LogP contribution is 2.36. The molecule has 5 heteroatoms. The van der Waals surface area contributed by atoms with Crippen molar-refractivity contribution in [1.29, 1.82) is 0 Å². The van der Waals surface area contributed by atoms with Crippen molar-refractivity contribution < 1.29 is 9.15 Å². The van der Waals surface area contributed by atoms with Crippen LogP contribution in [0.15, 0.2) is 47.2 Å². The van der Waals surface area contributed by atoms with Crippen molar-refractivity contribution in [2.75, 3.05) is 19.7 Å². The molecular weight excluding hydrogens is 392 g/mol. The van der Waals surface area contributed by atoms with Gasteiger partial charge in [0.15, 0.2) is 0 Å². The summed E-state index contributed by atoms with van der Waals surface area (Å²) < 4.78 is 11.8. The summed E-state index contributed by atoms with van der Waals surface area (Å²) in [5, 5.41) is 0. The third-order valence-electron chi connectivity index (χ3n) is 6.30. The molecule has 5 rings (SSSR count). The number of ether oxygens (including phenoxy) is 1. The second kappa shape index (κ2) is 9.46. The smallest absolute Gasteiger partial charge is 0.108 e. The molecule has 4 nitrogen and oxygen atoms in total. The second-order valence-electron chi connectivity index (χ2n) is 8.48. The number of hydrogen-bond donors (Lipinski definition) is 0. The number of aromatic nitrogens is 1. The van der Waals surface area contributed by atoms with Crippen molar-refractivity contribution in [2.24, 2.45) is 0 Å². The minimum absolute atomic E-state index is 0.357. The maximum absolute atomic E-state index is 6.06. The first-order valence-corrected chi connectivity index (χ1v) is 12.1. The Balaban J connectivity index is 1.51. The molecule has 2 fully saturated rings. The predicted molar refractivity (Wildman–Crippen MR) is 120 cm³/mol. The minimum Gasteiger partial charge on any atom is -0.469 e. The van der Waals surface area contributed by atoms with Gasteiger partial charge in [0.05, 0.1) is 12.4 Å². The molecule has 1 unspecified atom stereocenters. The number of rotatable bonds is 8. The van der Waals surface area contributed by atoms with Crippen LogP contribution in [0, 0.1) is 0 Å². The van der Waals surface area contributed by atoms with Gasteiger partial charge in [0.2, 0.25) is 0 Å². The second-order valence-corrected chi connectivity index (χ2v) is 9.67. The number of pyridine rings is 1. The lowest BCUT2D eigenvalue weighted by Crippen LogP contribution is -2.21. The standard InChI is InChI=1S/C25H30N2O2S/c1-2-10-26-19(7-1)15-24-22(16-20-8-5-13-28-20)23(18-27-11-3-4-12-27)25(30-24)17-21-9-6-14-29-21/h1-2,6-7,9-10,14,20H,3-5,8,11-13,15-18H2. The maximum atomic E-state index is 6.06. The SMILES string of the molecule is c1ccc(Cc2sc(Cc3ccco3)c(CN3CCCC3)c2CC2CCCO2)nc1. The highest BCUT2D eigenvalue weighted by atomic mass is 32.1. The quantitative estimate of drug-likeness (QED) is 0.498. The minimum atomic E-state index is 0.357. The lowest BCUT2D eigenvalue weighted by Gasteiger charge is -2.19. The monoisotopic (exact) mass is 422 g/mol. The van der Waals surface area contributed by atoms with Crippen molar-refractivity contribution in [1.82, 2.24) is 9.88 Å². The lowest BCUT2D eigenvalue weighted by molar-refractivity contribution is 0.111. The fraction of sp³-hybridized carbons (Fsp3) is 0.480. The van der Waals surface area contributed by atoms with Crippen molar-refractivity contribution in [3.8, 4) is 0 Å². The van der Waals surface area contributed by atoms with E-state index in [1.54, 1.807) is 6.26 Å². The summed E-state index contributed by atoms with van der Waals surface area (Å²) in [5.74, 6) is 1.05. The van der Waals surface area contributed by atoms with Gasteiger partial charge in [0, 0.05) is 54.1 Å². The molecule has 2 aliphatic heterocycles. The number of nitrogens with zero attached hydrogens (tertiary/aromatic N) is 2. The van der Waals surface area contributed by atoms with Crippen LogP contribution in [0.3, 0.4) is 0 Å². The molecule has 2 aliphatic rings. The van der Waals surface area contributed by atoms with Gasteiger partial charge in [-0.3, -0.25) is 9.88 Å². The Morgan fingerprint density at radius 2 is 1.90 bits per heavy atom. The summed E-state index contributed by atoms with van der Waals surface area (Å²) in [6.07, 6.45) is 11.8. The zero-order chi connectivity index (χ0) is 20.2. The largest absolute Gasteiger partial charge is 0.469 e. The van der Waals surface area contributed by atoms with E-state index in [0.29, 0.717) is 6.10 Å². The molecule has 0 saturated carbocycles. The Bertz CT molecular complexity index is 924. The van der Waals surface area contributed by atoms with Crippen LogP contribution in [0.4, 0.5) is 0 Å². The third-order valence-corrected chi connectivity index (χ3v) is 7.58. The van der Waals surface area contributed by atoms with Gasteiger partial charge in [0.1, 0.15) is 5.76 Å². The molecule has 0 spiro atoms. The van der Waals surface area contributed by atoms with Gasteiger partial charge in [-0.2, -0.15) is 0 Å². The molecule has 0 amide bonds. The molecular formula is C25H30N2O2S. The normalized spacial score (nSPS) is 19.7. The van der Waals surface area contributed by atoms with Gasteiger partial charge >= 0.3 is 0 Å². The average Bonchev–Trinajstić information content (AvgIpc) is 3.56. The van der Waals surface area contributed by atoms with Crippen molar-refractivity contribution in [3.05, 3.63) is 75.1 Å². The van der Waals surface area contributed by atoms with E-state index >= 15 is 0 Å². The van der Waals surface area contributed by atoms with Crippen molar-refractivity contribution in [3.63, 3.8) is 0 Å². The summed E-state index contributed by atoms with van der Waals surface area (Å²) >= 11 is 1.96. The lowest BCUT2D eigenvalue weighted by atomic mass is 9.97. The molecule has 0 N–H and O–H groups in total. The van der Waals surface area contributed by atoms with E-state index < -0.39 is 0 Å². The van der Waals surface area contributed by atoms with Crippen LogP contribution >= 0.6 is 11.3 Å². The molecule has 2 saturated heterocycles. The third kappa shape index (κ3) is 4.69. The van der Waals surface area contributed by atoms with Gasteiger partial charge in [-0.05, 0) is 74.2 Å². The molecule has 0 aliphatic carbocycles. The molecule has 0 bridgehead atoms. The van der Waals surface area contributed by atoms with Crippen LogP contribution in [0.25, 0.3) is 0 Å². The van der Waals surface area contributed by atoms with Gasteiger partial charge in [-0.25, -0.2) is 0 Å². The first-order chi connectivity index (χ1) is 14.8. The maximum Gasteiger partial charge on any atom is 0.108 e. The predicted octanol–water partition coefficient (Wildman–Crippen LogP) is 5.24. The Morgan fingerprint density at radius 3 is 2.63 bits per heavy atom. The van der Waals surface area contributed by atoms with Gasteiger partial charge in [0.25, 0.3) is 0 Å². The fourth-order valence-corrected chi connectivity index (χ4v) is 6.12. The van der Waals surface area contributed by atoms with E-state index in [-0.39, 0.29) is 0 Å². The van der Waals surface area contributed by atoms with Crippen LogP contribution < -0.4 is 0 Å². The Labute approximate surface area is 182 Å². The van der Waals surface area contributed by atoms with E-state index in [2.05, 4.69) is 28.1 Å². The topological polar surface area (TPSA) is 38.5 Å². The van der Waals surface area contributed by atoms with Crippen LogP contribution in [-0.2, 0) is 30.5 Å². The van der Waals surface area contributed by atoms with Crippen LogP contribution in [0.1, 0.15) is 58.0 Å². The molecule has 158 valence electrons. The van der Waals surface area contributed by atoms with Crippen LogP contribution in [-0.4, -0.2) is 35.7 Å². The van der Waals surface area contributed by atoms with Crippen LogP contribution in [0.5, 0.6) is 0 Å². The van der Waals surface area contributed by atoms with Crippen LogP contribution in [0.2, 0.25) is 0 Å². The Morgan fingerprint density at radius 1 is 1.00 bits per heavy atom. The number of likely N-dealkylation sites (tertiary alicyclic amines) is 1. The molecule has 0 radical (unpaired) electrons. The number of thiophene rings is 1.